The number of rotatable bonds is 6. The highest BCUT2D eigenvalue weighted by molar-refractivity contribution is 6.03. The van der Waals surface area contributed by atoms with Crippen molar-refractivity contribution in [3.8, 4) is 11.1 Å². The predicted molar refractivity (Wildman–Crippen MR) is 150 cm³/mol. The number of hydrogen-bond donors (Lipinski definition) is 1. The smallest absolute Gasteiger partial charge is 0.410 e. The van der Waals surface area contributed by atoms with Gasteiger partial charge in [-0.1, -0.05) is 17.3 Å². The lowest BCUT2D eigenvalue weighted by molar-refractivity contribution is -0.00684. The van der Waals surface area contributed by atoms with E-state index in [1.165, 1.54) is 6.07 Å². The summed E-state index contributed by atoms with van der Waals surface area (Å²) in [5, 5.41) is 4.55. The highest BCUT2D eigenvalue weighted by atomic mass is 19.1. The number of carbonyl (C=O) groups is 1. The van der Waals surface area contributed by atoms with Crippen LogP contribution in [0.5, 0.6) is 0 Å². The summed E-state index contributed by atoms with van der Waals surface area (Å²) < 4.78 is 19.8. The fourth-order valence-electron chi connectivity index (χ4n) is 5.35. The van der Waals surface area contributed by atoms with Gasteiger partial charge in [0, 0.05) is 43.0 Å². The molecule has 2 aromatic heterocycles. The molecule has 3 heterocycles. The molecule has 1 atom stereocenters. The van der Waals surface area contributed by atoms with Gasteiger partial charge < -0.3 is 20.2 Å². The average molecular weight is 547 g/mol. The number of carbonyl (C=O) groups excluding carboxylic acids is 1. The molecule has 0 saturated carbocycles. The third-order valence-corrected chi connectivity index (χ3v) is 7.18. The Labute approximate surface area is 233 Å². The molecule has 10 heteroatoms. The maximum Gasteiger partial charge on any atom is 0.410 e. The van der Waals surface area contributed by atoms with Crippen molar-refractivity contribution in [2.24, 2.45) is 11.1 Å². The van der Waals surface area contributed by atoms with Gasteiger partial charge in [-0.25, -0.2) is 19.2 Å². The van der Waals surface area contributed by atoms with Gasteiger partial charge in [0.15, 0.2) is 0 Å². The van der Waals surface area contributed by atoms with Crippen LogP contribution in [-0.2, 0) is 16.0 Å². The highest BCUT2D eigenvalue weighted by Gasteiger charge is 2.34. The zero-order valence-electron chi connectivity index (χ0n) is 23.4. The van der Waals surface area contributed by atoms with Crippen LogP contribution in [0.1, 0.15) is 62.0 Å². The Morgan fingerprint density at radius 3 is 2.73 bits per heavy atom. The van der Waals surface area contributed by atoms with E-state index in [1.807, 2.05) is 45.9 Å². The average Bonchev–Trinajstić information content (AvgIpc) is 2.86. The maximum absolute atomic E-state index is 14.3. The Balaban J connectivity index is 1.31. The molecule has 1 aromatic carbocycles. The van der Waals surface area contributed by atoms with Gasteiger partial charge in [0.05, 0.1) is 17.1 Å². The van der Waals surface area contributed by atoms with Gasteiger partial charge in [0.25, 0.3) is 0 Å². The topological polar surface area (TPSA) is 116 Å². The number of nitrogen functional groups attached to an aromatic ring is 1. The number of aromatic nitrogens is 3. The standard InChI is InChI=1S/C30H35FN6O3/c1-18-27-25(35-28(32)34-18)12-21(23-8-7-22(31)14-24(23)20-6-5-10-33-15-20)13-26(27)36-39-11-9-19-16-37(17-19)29(38)40-30(2,3)4/h5-8,10,14-15,19,21H,9,11-13,16-17H2,1-4H3,(H2,32,34,35)/b36-26+. The second kappa shape index (κ2) is 11.2. The fraction of sp³-hybridized carbons (Fsp3) is 0.433. The van der Waals surface area contributed by atoms with E-state index in [2.05, 4.69) is 20.1 Å². The molecule has 40 heavy (non-hydrogen) atoms. The summed E-state index contributed by atoms with van der Waals surface area (Å²) in [6.45, 7) is 9.19. The molecule has 0 radical (unpaired) electrons. The van der Waals surface area contributed by atoms with E-state index in [1.54, 1.807) is 23.4 Å². The summed E-state index contributed by atoms with van der Waals surface area (Å²) >= 11 is 0. The van der Waals surface area contributed by atoms with Gasteiger partial charge in [0.1, 0.15) is 18.0 Å². The highest BCUT2D eigenvalue weighted by Crippen LogP contribution is 2.38. The Hall–Kier alpha value is -4.08. The minimum atomic E-state index is -0.505. The van der Waals surface area contributed by atoms with Crippen molar-refractivity contribution < 1.29 is 18.8 Å². The minimum absolute atomic E-state index is 0.0200. The van der Waals surface area contributed by atoms with Crippen LogP contribution >= 0.6 is 0 Å². The zero-order chi connectivity index (χ0) is 28.4. The summed E-state index contributed by atoms with van der Waals surface area (Å²) in [6.07, 6.45) is 5.12. The molecular weight excluding hydrogens is 511 g/mol. The number of halogens is 1. The van der Waals surface area contributed by atoms with Gasteiger partial charge in [-0.05, 0) is 81.7 Å². The molecule has 3 aromatic rings. The molecule has 210 valence electrons. The third-order valence-electron chi connectivity index (χ3n) is 7.18. The van der Waals surface area contributed by atoms with E-state index in [9.17, 15) is 9.18 Å². The van der Waals surface area contributed by atoms with Crippen molar-refractivity contribution in [1.82, 2.24) is 19.9 Å². The molecule has 1 fully saturated rings. The first-order chi connectivity index (χ1) is 19.1. The van der Waals surface area contributed by atoms with Crippen LogP contribution in [0, 0.1) is 18.7 Å². The Morgan fingerprint density at radius 1 is 1.20 bits per heavy atom. The number of oxime groups is 1. The first-order valence-corrected chi connectivity index (χ1v) is 13.6. The van der Waals surface area contributed by atoms with Crippen molar-refractivity contribution in [2.75, 3.05) is 25.4 Å². The second-order valence-corrected chi connectivity index (χ2v) is 11.5. The first-order valence-electron chi connectivity index (χ1n) is 13.6. The van der Waals surface area contributed by atoms with Crippen LogP contribution in [0.4, 0.5) is 15.1 Å². The third kappa shape index (κ3) is 6.21. The van der Waals surface area contributed by atoms with Crippen LogP contribution in [0.2, 0.25) is 0 Å². The van der Waals surface area contributed by atoms with Gasteiger partial charge in [0.2, 0.25) is 5.95 Å². The van der Waals surface area contributed by atoms with E-state index in [4.69, 9.17) is 15.3 Å². The molecule has 1 aliphatic carbocycles. The van der Waals surface area contributed by atoms with Gasteiger partial charge >= 0.3 is 6.09 Å². The summed E-state index contributed by atoms with van der Waals surface area (Å²) in [7, 11) is 0. The Bertz CT molecular complexity index is 1420. The number of pyridine rings is 1. The fourth-order valence-corrected chi connectivity index (χ4v) is 5.35. The van der Waals surface area contributed by atoms with E-state index >= 15 is 0 Å². The molecule has 0 bridgehead atoms. The monoisotopic (exact) mass is 546 g/mol. The summed E-state index contributed by atoms with van der Waals surface area (Å²) in [6, 6.07) is 8.63. The molecular formula is C30H35FN6O3. The molecule has 2 N–H and O–H groups in total. The lowest BCUT2D eigenvalue weighted by Gasteiger charge is -2.39. The molecule has 5 rings (SSSR count). The quantitative estimate of drug-likeness (QED) is 0.330. The number of nitrogens with zero attached hydrogens (tertiary/aromatic N) is 5. The van der Waals surface area contributed by atoms with Gasteiger partial charge in [-0.3, -0.25) is 4.98 Å². The molecule has 0 spiro atoms. The van der Waals surface area contributed by atoms with E-state index in [0.717, 1.165) is 45.8 Å². The van der Waals surface area contributed by atoms with Crippen molar-refractivity contribution in [3.63, 3.8) is 0 Å². The first kappa shape index (κ1) is 27.5. The predicted octanol–water partition coefficient (Wildman–Crippen LogP) is 5.28. The van der Waals surface area contributed by atoms with Crippen molar-refractivity contribution in [1.29, 1.82) is 0 Å². The normalized spacial score (nSPS) is 18.3. The van der Waals surface area contributed by atoms with Crippen molar-refractivity contribution >= 4 is 17.8 Å². The van der Waals surface area contributed by atoms with Crippen molar-refractivity contribution in [3.05, 3.63) is 71.1 Å². The minimum Gasteiger partial charge on any atom is -0.444 e. The Morgan fingerprint density at radius 2 is 2.00 bits per heavy atom. The van der Waals surface area contributed by atoms with Crippen LogP contribution in [0.15, 0.2) is 47.9 Å². The summed E-state index contributed by atoms with van der Waals surface area (Å²) in [5.41, 5.74) is 11.3. The summed E-state index contributed by atoms with van der Waals surface area (Å²) in [4.78, 5) is 32.8. The zero-order valence-corrected chi connectivity index (χ0v) is 23.4. The summed E-state index contributed by atoms with van der Waals surface area (Å²) in [5.74, 6) is 0.224. The molecule has 1 aliphatic heterocycles. The number of fused-ring (bicyclic) bond motifs is 1. The molecule has 1 amide bonds. The van der Waals surface area contributed by atoms with Crippen LogP contribution < -0.4 is 5.73 Å². The number of likely N-dealkylation sites (tertiary alicyclic amines) is 1. The number of hydrogen-bond acceptors (Lipinski definition) is 8. The van der Waals surface area contributed by atoms with E-state index in [-0.39, 0.29) is 23.8 Å². The Kier molecular flexibility index (Phi) is 7.69. The van der Waals surface area contributed by atoms with E-state index < -0.39 is 5.60 Å². The van der Waals surface area contributed by atoms with Crippen LogP contribution in [0.25, 0.3) is 11.1 Å². The second-order valence-electron chi connectivity index (χ2n) is 11.5. The lowest BCUT2D eigenvalue weighted by atomic mass is 9.78. The molecule has 9 nitrogen and oxygen atoms in total. The number of ether oxygens (including phenoxy) is 1. The van der Waals surface area contributed by atoms with Gasteiger partial charge in [-0.15, -0.1) is 0 Å². The van der Waals surface area contributed by atoms with Gasteiger partial charge in [-0.2, -0.15) is 0 Å². The SMILES string of the molecule is Cc1nc(N)nc2c1/C(=N/OCCC1CN(C(=O)OC(C)(C)C)C1)CC(c1ccc(F)cc1-c1cccnc1)C2. The van der Waals surface area contributed by atoms with Crippen LogP contribution in [-0.4, -0.2) is 57.0 Å². The number of amides is 1. The number of benzene rings is 1. The number of nitrogens with two attached hydrogens (primary N) is 1. The number of anilines is 1. The molecule has 1 unspecified atom stereocenters. The molecule has 2 aliphatic rings. The molecule has 1 saturated heterocycles. The number of aryl methyl sites for hydroxylation is 1. The maximum atomic E-state index is 14.3. The van der Waals surface area contributed by atoms with E-state index in [0.29, 0.717) is 38.5 Å². The largest absolute Gasteiger partial charge is 0.444 e. The lowest BCUT2D eigenvalue weighted by Crippen LogP contribution is -2.51. The van der Waals surface area contributed by atoms with Crippen molar-refractivity contribution in [2.45, 2.75) is 58.5 Å². The van der Waals surface area contributed by atoms with Crippen LogP contribution in [0.3, 0.4) is 0 Å².